The summed E-state index contributed by atoms with van der Waals surface area (Å²) in [7, 11) is 0. The highest BCUT2D eigenvalue weighted by Gasteiger charge is 2.56. The van der Waals surface area contributed by atoms with Crippen molar-refractivity contribution in [1.29, 1.82) is 0 Å². The summed E-state index contributed by atoms with van der Waals surface area (Å²) < 4.78 is 0. The first-order valence-electron chi connectivity index (χ1n) is 8.72. The summed E-state index contributed by atoms with van der Waals surface area (Å²) in [6.07, 6.45) is 14.5. The van der Waals surface area contributed by atoms with Crippen molar-refractivity contribution >= 4 is 0 Å². The zero-order valence-corrected chi connectivity index (χ0v) is 13.5. The molecule has 2 aliphatic carbocycles. The molecule has 0 bridgehead atoms. The minimum absolute atomic E-state index is 0.397. The maximum Gasteiger partial charge on any atom is 0.0174 e. The van der Waals surface area contributed by atoms with E-state index >= 15 is 0 Å². The largest absolute Gasteiger partial charge is 0.316 e. The average molecular weight is 286 g/mol. The second-order valence-electron chi connectivity index (χ2n) is 7.08. The van der Waals surface area contributed by atoms with Crippen LogP contribution >= 0.6 is 0 Å². The molecule has 0 aromatic heterocycles. The maximum atomic E-state index is 4.45. The Hall–Kier alpha value is -0.860. The Morgan fingerprint density at radius 2 is 2.33 bits per heavy atom. The zero-order valence-electron chi connectivity index (χ0n) is 13.5. The summed E-state index contributed by atoms with van der Waals surface area (Å²) in [5, 5.41) is 7.36. The summed E-state index contributed by atoms with van der Waals surface area (Å²) in [6, 6.07) is 0.682. The zero-order chi connectivity index (χ0) is 14.7. The first kappa shape index (κ1) is 15.1. The van der Waals surface area contributed by atoms with E-state index in [2.05, 4.69) is 42.4 Å². The van der Waals surface area contributed by atoms with Gasteiger partial charge in [0.25, 0.3) is 0 Å². The van der Waals surface area contributed by atoms with E-state index in [1.165, 1.54) is 69.3 Å². The second-order valence-corrected chi connectivity index (χ2v) is 7.08. The van der Waals surface area contributed by atoms with Crippen LogP contribution in [0.4, 0.5) is 0 Å². The molecule has 21 heavy (non-hydrogen) atoms. The number of hydrogen-bond donors (Lipinski definition) is 2. The molecule has 3 aliphatic rings. The lowest BCUT2D eigenvalue weighted by Gasteiger charge is -2.29. The molecule has 3 unspecified atom stereocenters. The predicted octanol–water partition coefficient (Wildman–Crippen LogP) is 3.58. The fourth-order valence-electron chi connectivity index (χ4n) is 4.20. The van der Waals surface area contributed by atoms with Gasteiger partial charge in [-0.25, -0.2) is 0 Å². The van der Waals surface area contributed by atoms with Crippen molar-refractivity contribution in [2.75, 3.05) is 19.6 Å². The molecular formula is C19H30N2. The van der Waals surface area contributed by atoms with E-state index in [4.69, 9.17) is 0 Å². The Morgan fingerprint density at radius 3 is 3.10 bits per heavy atom. The van der Waals surface area contributed by atoms with Gasteiger partial charge in [-0.05, 0) is 82.1 Å². The van der Waals surface area contributed by atoms with Crippen LogP contribution < -0.4 is 10.6 Å². The third-order valence-electron chi connectivity index (χ3n) is 5.67. The van der Waals surface area contributed by atoms with E-state index in [-0.39, 0.29) is 0 Å². The lowest BCUT2D eigenvalue weighted by atomic mass is 9.78. The van der Waals surface area contributed by atoms with Crippen molar-refractivity contribution in [1.82, 2.24) is 10.6 Å². The molecule has 1 aliphatic heterocycles. The van der Waals surface area contributed by atoms with Crippen LogP contribution in [0.3, 0.4) is 0 Å². The normalized spacial score (nSPS) is 38.5. The number of hydrogen-bond acceptors (Lipinski definition) is 2. The quantitative estimate of drug-likeness (QED) is 0.825. The molecule has 0 amide bonds. The summed E-state index contributed by atoms with van der Waals surface area (Å²) in [6.45, 7) is 10.1. The number of nitrogens with one attached hydrogen (secondary N) is 2. The smallest absolute Gasteiger partial charge is 0.0174 e. The summed E-state index contributed by atoms with van der Waals surface area (Å²) in [5.41, 5.74) is 3.31. The molecule has 0 aromatic carbocycles. The van der Waals surface area contributed by atoms with Crippen molar-refractivity contribution in [2.45, 2.75) is 51.5 Å². The highest BCUT2D eigenvalue weighted by atomic mass is 15.0. The molecule has 1 saturated heterocycles. The van der Waals surface area contributed by atoms with Crippen LogP contribution in [0.1, 0.15) is 45.4 Å². The standard InChI is InChI=1S/C19H30N2/c1-3-4-8-17-9-5-10-19(15(17)2)12-18(19)21-14-16-7-6-11-20-13-16/h3-4,8,16,18,20-21H,2,5-7,9-14H2,1H3/b4-3-,17-8-. The molecular weight excluding hydrogens is 256 g/mol. The summed E-state index contributed by atoms with van der Waals surface area (Å²) in [4.78, 5) is 0. The van der Waals surface area contributed by atoms with E-state index < -0.39 is 0 Å². The highest BCUT2D eigenvalue weighted by molar-refractivity contribution is 5.44. The van der Waals surface area contributed by atoms with Crippen LogP contribution in [0.15, 0.2) is 36.0 Å². The van der Waals surface area contributed by atoms with Crippen molar-refractivity contribution in [3.63, 3.8) is 0 Å². The Kier molecular flexibility index (Phi) is 4.66. The van der Waals surface area contributed by atoms with Crippen LogP contribution in [0.5, 0.6) is 0 Å². The fraction of sp³-hybridized carbons (Fsp3) is 0.684. The molecule has 1 spiro atoms. The third-order valence-corrected chi connectivity index (χ3v) is 5.67. The fourth-order valence-corrected chi connectivity index (χ4v) is 4.20. The van der Waals surface area contributed by atoms with Crippen molar-refractivity contribution in [3.05, 3.63) is 36.0 Å². The average Bonchev–Trinajstić information content (AvgIpc) is 3.22. The van der Waals surface area contributed by atoms with E-state index in [0.717, 1.165) is 5.92 Å². The molecule has 0 aromatic rings. The SMILES string of the molecule is C=C1/C(=C\C=C/C)CCCC12CC2NCC1CCCNC1. The van der Waals surface area contributed by atoms with Gasteiger partial charge in [-0.3, -0.25) is 0 Å². The topological polar surface area (TPSA) is 24.1 Å². The molecule has 1 heterocycles. The van der Waals surface area contributed by atoms with Gasteiger partial charge in [0, 0.05) is 11.5 Å². The Labute approximate surface area is 129 Å². The van der Waals surface area contributed by atoms with Crippen LogP contribution in [0, 0.1) is 11.3 Å². The minimum Gasteiger partial charge on any atom is -0.316 e. The van der Waals surface area contributed by atoms with E-state index in [9.17, 15) is 0 Å². The van der Waals surface area contributed by atoms with Gasteiger partial charge in [-0.2, -0.15) is 0 Å². The molecule has 3 atom stereocenters. The molecule has 2 heteroatoms. The van der Waals surface area contributed by atoms with Gasteiger partial charge >= 0.3 is 0 Å². The van der Waals surface area contributed by atoms with Crippen molar-refractivity contribution in [3.8, 4) is 0 Å². The van der Waals surface area contributed by atoms with Gasteiger partial charge in [0.05, 0.1) is 0 Å². The maximum absolute atomic E-state index is 4.45. The minimum atomic E-state index is 0.397. The number of piperidine rings is 1. The molecule has 3 fully saturated rings. The van der Waals surface area contributed by atoms with E-state index in [0.29, 0.717) is 11.5 Å². The lowest BCUT2D eigenvalue weighted by molar-refractivity contribution is 0.347. The molecule has 0 radical (unpaired) electrons. The molecule has 3 rings (SSSR count). The van der Waals surface area contributed by atoms with E-state index in [1.54, 1.807) is 0 Å². The molecule has 2 nitrogen and oxygen atoms in total. The Balaban J connectivity index is 1.55. The Morgan fingerprint density at radius 1 is 1.43 bits per heavy atom. The van der Waals surface area contributed by atoms with Gasteiger partial charge < -0.3 is 10.6 Å². The van der Waals surface area contributed by atoms with Crippen LogP contribution in [-0.4, -0.2) is 25.7 Å². The molecule has 2 saturated carbocycles. The predicted molar refractivity (Wildman–Crippen MR) is 90.3 cm³/mol. The first-order chi connectivity index (χ1) is 10.3. The van der Waals surface area contributed by atoms with Crippen molar-refractivity contribution < 1.29 is 0 Å². The van der Waals surface area contributed by atoms with Gasteiger partial charge in [0.2, 0.25) is 0 Å². The number of rotatable bonds is 4. The summed E-state index contributed by atoms with van der Waals surface area (Å²) in [5.74, 6) is 0.825. The van der Waals surface area contributed by atoms with Gasteiger partial charge in [-0.15, -0.1) is 0 Å². The summed E-state index contributed by atoms with van der Waals surface area (Å²) >= 11 is 0. The van der Waals surface area contributed by atoms with Crippen molar-refractivity contribution in [2.24, 2.45) is 11.3 Å². The first-order valence-corrected chi connectivity index (χ1v) is 8.72. The lowest BCUT2D eigenvalue weighted by Crippen LogP contribution is -2.38. The monoisotopic (exact) mass is 286 g/mol. The third kappa shape index (κ3) is 3.17. The van der Waals surface area contributed by atoms with Gasteiger partial charge in [0.15, 0.2) is 0 Å². The molecule has 2 N–H and O–H groups in total. The second kappa shape index (κ2) is 6.50. The van der Waals surface area contributed by atoms with Crippen LogP contribution in [-0.2, 0) is 0 Å². The van der Waals surface area contributed by atoms with E-state index in [1.807, 2.05) is 0 Å². The van der Waals surface area contributed by atoms with Gasteiger partial charge in [-0.1, -0.05) is 24.8 Å². The van der Waals surface area contributed by atoms with Gasteiger partial charge in [0.1, 0.15) is 0 Å². The van der Waals surface area contributed by atoms with Crippen LogP contribution in [0.2, 0.25) is 0 Å². The Bertz CT molecular complexity index is 442. The highest BCUT2D eigenvalue weighted by Crippen LogP contribution is 2.60. The van der Waals surface area contributed by atoms with Crippen LogP contribution in [0.25, 0.3) is 0 Å². The molecule has 116 valence electrons. The number of allylic oxidation sites excluding steroid dienone is 4.